The first-order chi connectivity index (χ1) is 14.7. The molecule has 5 aromatic rings. The summed E-state index contributed by atoms with van der Waals surface area (Å²) < 4.78 is 18.6. The van der Waals surface area contributed by atoms with E-state index in [0.29, 0.717) is 17.5 Å². The lowest BCUT2D eigenvalue weighted by Gasteiger charge is -2.03. The lowest BCUT2D eigenvalue weighted by molar-refractivity contribution is 0.394. The van der Waals surface area contributed by atoms with E-state index in [1.165, 1.54) is 12.1 Å². The van der Waals surface area contributed by atoms with E-state index < -0.39 is 0 Å². The van der Waals surface area contributed by atoms with Crippen molar-refractivity contribution in [3.8, 4) is 45.3 Å². The normalized spacial score (nSPS) is 11.0. The second-order valence-electron chi connectivity index (χ2n) is 6.73. The number of benzene rings is 2. The zero-order valence-corrected chi connectivity index (χ0v) is 16.0. The number of nitrogens with zero attached hydrogens (tertiary/aromatic N) is 4. The molecule has 0 unspecified atom stereocenters. The molecule has 0 spiro atoms. The molecule has 3 aromatic heterocycles. The molecule has 30 heavy (non-hydrogen) atoms. The van der Waals surface area contributed by atoms with Crippen LogP contribution in [0, 0.1) is 12.7 Å². The average Bonchev–Trinajstić information content (AvgIpc) is 3.42. The third kappa shape index (κ3) is 3.26. The lowest BCUT2D eigenvalue weighted by Crippen LogP contribution is -1.89. The maximum atomic E-state index is 13.5. The van der Waals surface area contributed by atoms with E-state index in [1.54, 1.807) is 31.5 Å². The number of nitrogens with one attached hydrogen (secondary N) is 1. The molecule has 0 atom stereocenters. The predicted octanol–water partition coefficient (Wildman–Crippen LogP) is 5.30. The van der Waals surface area contributed by atoms with Crippen molar-refractivity contribution in [1.29, 1.82) is 0 Å². The second kappa shape index (κ2) is 7.36. The smallest absolute Gasteiger partial charge is 0.223 e. The number of H-pyrrole nitrogens is 1. The van der Waals surface area contributed by atoms with Gasteiger partial charge in [0.05, 0.1) is 11.4 Å². The van der Waals surface area contributed by atoms with Crippen molar-refractivity contribution in [2.75, 3.05) is 0 Å². The molecule has 1 N–H and O–H groups in total. The molecule has 146 valence electrons. The van der Waals surface area contributed by atoms with Gasteiger partial charge >= 0.3 is 0 Å². The Bertz CT molecular complexity index is 1310. The summed E-state index contributed by atoms with van der Waals surface area (Å²) in [5.74, 6) is 1.34. The van der Waals surface area contributed by atoms with Gasteiger partial charge in [-0.3, -0.25) is 4.98 Å². The molecule has 6 nitrogen and oxygen atoms in total. The molecule has 0 aliphatic heterocycles. The number of aryl methyl sites for hydroxylation is 1. The van der Waals surface area contributed by atoms with Crippen molar-refractivity contribution in [2.24, 2.45) is 0 Å². The summed E-state index contributed by atoms with van der Waals surface area (Å²) in [6, 6.07) is 17.8. The maximum absolute atomic E-state index is 13.5. The molecular weight excluding hydrogens is 381 g/mol. The van der Waals surface area contributed by atoms with Gasteiger partial charge in [-0.2, -0.15) is 4.98 Å². The van der Waals surface area contributed by atoms with E-state index in [4.69, 9.17) is 9.51 Å². The molecular formula is C23H16FN5O. The number of rotatable bonds is 4. The van der Waals surface area contributed by atoms with Gasteiger partial charge in [0.2, 0.25) is 11.7 Å². The van der Waals surface area contributed by atoms with Crippen LogP contribution in [0.5, 0.6) is 0 Å². The van der Waals surface area contributed by atoms with Crippen LogP contribution in [-0.4, -0.2) is 25.1 Å². The number of pyridine rings is 1. The molecule has 0 radical (unpaired) electrons. The largest absolute Gasteiger partial charge is 0.339 e. The molecule has 0 amide bonds. The van der Waals surface area contributed by atoms with Gasteiger partial charge in [0, 0.05) is 41.6 Å². The highest BCUT2D eigenvalue weighted by Gasteiger charge is 2.19. The fourth-order valence-corrected chi connectivity index (χ4v) is 3.34. The van der Waals surface area contributed by atoms with Gasteiger partial charge in [-0.05, 0) is 36.4 Å². The summed E-state index contributed by atoms with van der Waals surface area (Å²) in [5, 5.41) is 4.05. The first-order valence-electron chi connectivity index (χ1n) is 9.35. The average molecular weight is 397 g/mol. The summed E-state index contributed by atoms with van der Waals surface area (Å²) in [5.41, 5.74) is 4.90. The molecule has 7 heteroatoms. The van der Waals surface area contributed by atoms with Gasteiger partial charge in [-0.1, -0.05) is 29.4 Å². The Morgan fingerprint density at radius 1 is 0.833 bits per heavy atom. The van der Waals surface area contributed by atoms with Gasteiger partial charge in [0.15, 0.2) is 0 Å². The first kappa shape index (κ1) is 17.9. The molecule has 2 aromatic carbocycles. The molecule has 0 fully saturated rings. The molecule has 0 aliphatic rings. The van der Waals surface area contributed by atoms with Gasteiger partial charge < -0.3 is 9.51 Å². The quantitative estimate of drug-likeness (QED) is 0.445. The van der Waals surface area contributed by atoms with Crippen LogP contribution in [-0.2, 0) is 0 Å². The van der Waals surface area contributed by atoms with Crippen LogP contribution in [0.15, 0.2) is 77.6 Å². The van der Waals surface area contributed by atoms with Crippen LogP contribution < -0.4 is 0 Å². The Morgan fingerprint density at radius 2 is 1.57 bits per heavy atom. The summed E-state index contributed by atoms with van der Waals surface area (Å²) >= 11 is 0. The predicted molar refractivity (Wildman–Crippen MR) is 111 cm³/mol. The van der Waals surface area contributed by atoms with Crippen LogP contribution in [0.3, 0.4) is 0 Å². The zero-order chi connectivity index (χ0) is 20.5. The van der Waals surface area contributed by atoms with Crippen molar-refractivity contribution in [3.63, 3.8) is 0 Å². The van der Waals surface area contributed by atoms with E-state index in [2.05, 4.69) is 20.1 Å². The van der Waals surface area contributed by atoms with Crippen LogP contribution in [0.4, 0.5) is 4.39 Å². The monoisotopic (exact) mass is 397 g/mol. The minimum absolute atomic E-state index is 0.294. The van der Waals surface area contributed by atoms with Gasteiger partial charge in [-0.15, -0.1) is 0 Å². The number of hydrogen-bond acceptors (Lipinski definition) is 5. The van der Waals surface area contributed by atoms with E-state index in [1.807, 2.05) is 36.4 Å². The van der Waals surface area contributed by atoms with E-state index in [0.717, 1.165) is 33.6 Å². The van der Waals surface area contributed by atoms with Crippen LogP contribution >= 0.6 is 0 Å². The van der Waals surface area contributed by atoms with Crippen molar-refractivity contribution < 1.29 is 8.91 Å². The zero-order valence-electron chi connectivity index (χ0n) is 16.0. The van der Waals surface area contributed by atoms with Crippen molar-refractivity contribution in [3.05, 3.63) is 84.8 Å². The summed E-state index contributed by atoms with van der Waals surface area (Å²) in [6.45, 7) is 1.75. The van der Waals surface area contributed by atoms with E-state index >= 15 is 0 Å². The summed E-state index contributed by atoms with van der Waals surface area (Å²) in [6.07, 6.45) is 3.45. The number of imidazole rings is 1. The molecule has 0 saturated heterocycles. The first-order valence-corrected chi connectivity index (χ1v) is 9.35. The number of aromatic nitrogens is 5. The Morgan fingerprint density at radius 3 is 2.27 bits per heavy atom. The van der Waals surface area contributed by atoms with Gasteiger partial charge in [0.25, 0.3) is 0 Å². The second-order valence-corrected chi connectivity index (χ2v) is 6.73. The highest BCUT2D eigenvalue weighted by atomic mass is 19.1. The lowest BCUT2D eigenvalue weighted by atomic mass is 10.1. The van der Waals surface area contributed by atoms with Crippen molar-refractivity contribution in [1.82, 2.24) is 25.1 Å². The molecule has 0 aliphatic carbocycles. The maximum Gasteiger partial charge on any atom is 0.223 e. The Labute approximate surface area is 171 Å². The topological polar surface area (TPSA) is 80.5 Å². The highest BCUT2D eigenvalue weighted by Crippen LogP contribution is 2.35. The molecule has 3 heterocycles. The number of hydrogen-bond donors (Lipinski definition) is 1. The van der Waals surface area contributed by atoms with Gasteiger partial charge in [-0.25, -0.2) is 9.37 Å². The third-order valence-electron chi connectivity index (χ3n) is 4.74. The van der Waals surface area contributed by atoms with Crippen molar-refractivity contribution >= 4 is 0 Å². The number of halogens is 1. The molecule has 0 saturated carbocycles. The fraction of sp³-hybridized carbons (Fsp3) is 0.0435. The minimum Gasteiger partial charge on any atom is -0.339 e. The van der Waals surface area contributed by atoms with Crippen molar-refractivity contribution in [2.45, 2.75) is 6.92 Å². The third-order valence-corrected chi connectivity index (χ3v) is 4.74. The summed E-state index contributed by atoms with van der Waals surface area (Å²) in [4.78, 5) is 16.7. The standard InChI is InChI=1S/C23H16FN5O/c1-14-26-23(29-30-14)19-5-3-2-4-18(19)22-27-20(15-6-8-17(24)9-7-15)21(28-22)16-10-12-25-13-11-16/h2-13H,1H3,(H,27,28). The SMILES string of the molecule is Cc1nc(-c2ccccc2-c2nc(-c3ccc(F)cc3)c(-c3ccncc3)[nH]2)no1. The Hall–Kier alpha value is -4.13. The Balaban J connectivity index is 1.71. The van der Waals surface area contributed by atoms with E-state index in [-0.39, 0.29) is 5.82 Å². The highest BCUT2D eigenvalue weighted by molar-refractivity contribution is 5.84. The van der Waals surface area contributed by atoms with E-state index in [9.17, 15) is 4.39 Å². The molecule has 0 bridgehead atoms. The Kier molecular flexibility index (Phi) is 4.40. The van der Waals surface area contributed by atoms with Gasteiger partial charge in [0.1, 0.15) is 11.6 Å². The minimum atomic E-state index is -0.294. The van der Waals surface area contributed by atoms with Crippen LogP contribution in [0.25, 0.3) is 45.3 Å². The number of aromatic amines is 1. The van der Waals surface area contributed by atoms with Crippen LogP contribution in [0.2, 0.25) is 0 Å². The summed E-state index contributed by atoms with van der Waals surface area (Å²) in [7, 11) is 0. The van der Waals surface area contributed by atoms with Crippen LogP contribution in [0.1, 0.15) is 5.89 Å². The fourth-order valence-electron chi connectivity index (χ4n) is 3.34. The molecule has 5 rings (SSSR count).